The quantitative estimate of drug-likeness (QED) is 0.740. The van der Waals surface area contributed by atoms with Gasteiger partial charge in [-0.25, -0.2) is 4.79 Å². The number of ether oxygens (including phenoxy) is 3. The minimum absolute atomic E-state index is 0.0598. The van der Waals surface area contributed by atoms with Crippen LogP contribution >= 0.6 is 0 Å². The van der Waals surface area contributed by atoms with Crippen molar-refractivity contribution in [1.29, 1.82) is 0 Å². The maximum Gasteiger partial charge on any atom is 0.341 e. The van der Waals surface area contributed by atoms with Crippen molar-refractivity contribution in [3.63, 3.8) is 0 Å². The number of amides is 1. The molecule has 8 heteroatoms. The monoisotopic (exact) mass is 386 g/mol. The summed E-state index contributed by atoms with van der Waals surface area (Å²) in [7, 11) is 1.33. The molecular weight excluding hydrogens is 364 g/mol. The second kappa shape index (κ2) is 7.93. The number of benzene rings is 1. The van der Waals surface area contributed by atoms with Crippen molar-refractivity contribution in [2.75, 3.05) is 44.9 Å². The zero-order valence-electron chi connectivity index (χ0n) is 15.6. The van der Waals surface area contributed by atoms with Gasteiger partial charge in [-0.05, 0) is 18.2 Å². The number of rotatable bonds is 4. The normalized spacial score (nSPS) is 19.0. The molecule has 2 aromatic rings. The highest BCUT2D eigenvalue weighted by molar-refractivity contribution is 5.90. The number of morpholine rings is 1. The Labute approximate surface area is 162 Å². The minimum atomic E-state index is -0.635. The molecule has 0 N–H and O–H groups in total. The Hall–Kier alpha value is -3.00. The molecule has 1 amide bonds. The molecule has 2 aliphatic rings. The highest BCUT2D eigenvalue weighted by atomic mass is 16.5. The summed E-state index contributed by atoms with van der Waals surface area (Å²) in [5, 5.41) is 0. The van der Waals surface area contributed by atoms with Gasteiger partial charge >= 0.3 is 5.97 Å². The van der Waals surface area contributed by atoms with E-state index in [9.17, 15) is 9.59 Å². The zero-order valence-corrected chi connectivity index (χ0v) is 15.6. The molecule has 1 unspecified atom stereocenters. The van der Waals surface area contributed by atoms with Gasteiger partial charge < -0.3 is 28.4 Å². The van der Waals surface area contributed by atoms with E-state index in [4.69, 9.17) is 18.6 Å². The first kappa shape index (κ1) is 18.4. The third-order valence-electron chi connectivity index (χ3n) is 4.94. The van der Waals surface area contributed by atoms with Gasteiger partial charge in [-0.1, -0.05) is 12.1 Å². The van der Waals surface area contributed by atoms with Crippen LogP contribution in [0.3, 0.4) is 0 Å². The van der Waals surface area contributed by atoms with Crippen molar-refractivity contribution in [1.82, 2.24) is 4.90 Å². The lowest BCUT2D eigenvalue weighted by molar-refractivity contribution is -0.142. The van der Waals surface area contributed by atoms with Gasteiger partial charge in [0.15, 0.2) is 6.10 Å². The third kappa shape index (κ3) is 3.55. The maximum absolute atomic E-state index is 13.0. The molecule has 8 nitrogen and oxygen atoms in total. The largest absolute Gasteiger partial charge is 0.477 e. The van der Waals surface area contributed by atoms with E-state index in [1.165, 1.54) is 13.4 Å². The van der Waals surface area contributed by atoms with Gasteiger partial charge in [0, 0.05) is 13.1 Å². The van der Waals surface area contributed by atoms with Crippen LogP contribution in [-0.4, -0.2) is 62.8 Å². The molecule has 2 aliphatic heterocycles. The molecule has 0 bridgehead atoms. The lowest BCUT2D eigenvalue weighted by atomic mass is 10.1. The van der Waals surface area contributed by atoms with E-state index < -0.39 is 12.1 Å². The van der Waals surface area contributed by atoms with Crippen LogP contribution in [0, 0.1) is 0 Å². The van der Waals surface area contributed by atoms with E-state index in [-0.39, 0.29) is 5.91 Å². The third-order valence-corrected chi connectivity index (χ3v) is 4.94. The molecule has 1 aromatic carbocycles. The molecule has 1 fully saturated rings. The van der Waals surface area contributed by atoms with Crippen LogP contribution in [0.5, 0.6) is 5.75 Å². The van der Waals surface area contributed by atoms with E-state index in [0.717, 1.165) is 5.69 Å². The topological polar surface area (TPSA) is 81.5 Å². The van der Waals surface area contributed by atoms with Crippen molar-refractivity contribution >= 4 is 17.6 Å². The highest BCUT2D eigenvalue weighted by Crippen LogP contribution is 2.35. The van der Waals surface area contributed by atoms with Crippen LogP contribution < -0.4 is 9.64 Å². The standard InChI is InChI=1S/C20H22N2O6/c1-25-20(24)14-6-9-27-17(14)12-22-13-18(19(23)21-7-10-26-11-8-21)28-16-5-3-2-4-15(16)22/h2-6,9,18H,7-8,10-13H2,1H3. The molecule has 1 saturated heterocycles. The van der Waals surface area contributed by atoms with Gasteiger partial charge in [0.2, 0.25) is 0 Å². The lowest BCUT2D eigenvalue weighted by Gasteiger charge is -2.38. The van der Waals surface area contributed by atoms with Crippen molar-refractivity contribution in [3.8, 4) is 5.75 Å². The van der Waals surface area contributed by atoms with E-state index in [1.54, 1.807) is 11.0 Å². The molecule has 1 atom stereocenters. The number of anilines is 1. The molecule has 1 aromatic heterocycles. The summed E-state index contributed by atoms with van der Waals surface area (Å²) in [6.07, 6.45) is 0.828. The second-order valence-corrected chi connectivity index (χ2v) is 6.64. The van der Waals surface area contributed by atoms with Crippen LogP contribution in [0.25, 0.3) is 0 Å². The van der Waals surface area contributed by atoms with E-state index in [2.05, 4.69) is 0 Å². The summed E-state index contributed by atoms with van der Waals surface area (Å²) in [6.45, 7) is 2.87. The second-order valence-electron chi connectivity index (χ2n) is 6.64. The Morgan fingerprint density at radius 2 is 1.96 bits per heavy atom. The molecule has 148 valence electrons. The zero-order chi connectivity index (χ0) is 19.5. The fourth-order valence-electron chi connectivity index (χ4n) is 3.50. The molecule has 28 heavy (non-hydrogen) atoms. The van der Waals surface area contributed by atoms with Crippen LogP contribution in [0.4, 0.5) is 5.69 Å². The van der Waals surface area contributed by atoms with Gasteiger partial charge in [0.1, 0.15) is 17.1 Å². The molecular formula is C20H22N2O6. The van der Waals surface area contributed by atoms with Gasteiger partial charge in [-0.2, -0.15) is 0 Å². The number of esters is 1. The average Bonchev–Trinajstić information content (AvgIpc) is 3.21. The van der Waals surface area contributed by atoms with E-state index >= 15 is 0 Å². The highest BCUT2D eigenvalue weighted by Gasteiger charge is 2.34. The van der Waals surface area contributed by atoms with Crippen molar-refractivity contribution in [3.05, 3.63) is 47.9 Å². The Kier molecular flexibility index (Phi) is 5.21. The Morgan fingerprint density at radius 3 is 2.75 bits per heavy atom. The van der Waals surface area contributed by atoms with Crippen molar-refractivity contribution in [2.24, 2.45) is 0 Å². The number of fused-ring (bicyclic) bond motifs is 1. The molecule has 0 spiro atoms. The Morgan fingerprint density at radius 1 is 1.18 bits per heavy atom. The number of hydrogen-bond acceptors (Lipinski definition) is 7. The molecule has 0 radical (unpaired) electrons. The van der Waals surface area contributed by atoms with E-state index in [0.29, 0.717) is 56.5 Å². The fraction of sp³-hybridized carbons (Fsp3) is 0.400. The number of para-hydroxylation sites is 2. The first-order valence-corrected chi connectivity index (χ1v) is 9.19. The summed E-state index contributed by atoms with van der Waals surface area (Å²) in [5.41, 5.74) is 1.23. The van der Waals surface area contributed by atoms with Crippen molar-refractivity contribution < 1.29 is 28.2 Å². The van der Waals surface area contributed by atoms with Gasteiger partial charge in [0.25, 0.3) is 5.91 Å². The first-order valence-electron chi connectivity index (χ1n) is 9.19. The Bertz CT molecular complexity index is 858. The van der Waals surface area contributed by atoms with Gasteiger partial charge in [-0.15, -0.1) is 0 Å². The van der Waals surface area contributed by atoms with Crippen LogP contribution in [-0.2, 0) is 20.8 Å². The molecule has 0 aliphatic carbocycles. The predicted molar refractivity (Wildman–Crippen MR) is 99.4 cm³/mol. The summed E-state index contributed by atoms with van der Waals surface area (Å²) in [6, 6.07) is 9.12. The summed E-state index contributed by atoms with van der Waals surface area (Å²) >= 11 is 0. The maximum atomic E-state index is 13.0. The van der Waals surface area contributed by atoms with Crippen molar-refractivity contribution in [2.45, 2.75) is 12.6 Å². The lowest BCUT2D eigenvalue weighted by Crippen LogP contribution is -2.52. The number of nitrogens with zero attached hydrogens (tertiary/aromatic N) is 2. The number of methoxy groups -OCH3 is 1. The molecule has 4 rings (SSSR count). The van der Waals surface area contributed by atoms with Gasteiger partial charge in [0.05, 0.1) is 45.4 Å². The van der Waals surface area contributed by atoms with Crippen LogP contribution in [0.2, 0.25) is 0 Å². The average molecular weight is 386 g/mol. The summed E-state index contributed by atoms with van der Waals surface area (Å²) in [4.78, 5) is 28.7. The van der Waals surface area contributed by atoms with Crippen LogP contribution in [0.15, 0.2) is 41.0 Å². The summed E-state index contributed by atoms with van der Waals surface area (Å²) < 4.78 is 21.7. The molecule has 0 saturated carbocycles. The number of carbonyl (C=O) groups is 2. The minimum Gasteiger partial charge on any atom is -0.477 e. The van der Waals surface area contributed by atoms with Gasteiger partial charge in [-0.3, -0.25) is 4.79 Å². The smallest absolute Gasteiger partial charge is 0.341 e. The Balaban J connectivity index is 1.58. The van der Waals surface area contributed by atoms with Crippen LogP contribution in [0.1, 0.15) is 16.1 Å². The fourth-order valence-corrected chi connectivity index (χ4v) is 3.50. The summed E-state index contributed by atoms with van der Waals surface area (Å²) in [5.74, 6) is 0.606. The van der Waals surface area contributed by atoms with E-state index in [1.807, 2.05) is 29.2 Å². The first-order chi connectivity index (χ1) is 13.7. The number of furan rings is 1. The number of hydrogen-bond donors (Lipinski definition) is 0. The predicted octanol–water partition coefficient (Wildman–Crippen LogP) is 1.69. The number of carbonyl (C=O) groups excluding carboxylic acids is 2. The molecule has 3 heterocycles. The SMILES string of the molecule is COC(=O)c1ccoc1CN1CC(C(=O)N2CCOCC2)Oc2ccccc21.